The van der Waals surface area contributed by atoms with Gasteiger partial charge in [-0.15, -0.1) is 0 Å². The van der Waals surface area contributed by atoms with E-state index in [0.717, 1.165) is 6.07 Å². The zero-order valence-corrected chi connectivity index (χ0v) is 9.33. The highest BCUT2D eigenvalue weighted by molar-refractivity contribution is 9.10. The summed E-state index contributed by atoms with van der Waals surface area (Å²) in [6.07, 6.45) is -3.47. The largest absolute Gasteiger partial charge is 0.481 e. The van der Waals surface area contributed by atoms with Crippen LogP contribution in [-0.4, -0.2) is 16.1 Å². The van der Waals surface area contributed by atoms with Crippen LogP contribution in [0.2, 0.25) is 0 Å². The Labute approximate surface area is 97.7 Å². The van der Waals surface area contributed by atoms with Crippen molar-refractivity contribution in [3.63, 3.8) is 0 Å². The maximum atomic E-state index is 12.6. The standard InChI is InChI=1S/C9H5BrF2N2O2/c10-5-1-4(9(11)12)6(2-8(15)16)14-7(5)3-13/h1,9H,2H2,(H,15,16). The lowest BCUT2D eigenvalue weighted by atomic mass is 10.1. The Balaban J connectivity index is 3.32. The molecule has 84 valence electrons. The molecule has 1 heterocycles. The quantitative estimate of drug-likeness (QED) is 0.927. The molecule has 1 rings (SSSR count). The number of carboxylic acids is 1. The van der Waals surface area contributed by atoms with Gasteiger partial charge in [0.05, 0.1) is 16.6 Å². The van der Waals surface area contributed by atoms with Crippen LogP contribution in [0, 0.1) is 11.3 Å². The number of halogens is 3. The van der Waals surface area contributed by atoms with E-state index in [9.17, 15) is 13.6 Å². The predicted molar refractivity (Wildman–Crippen MR) is 52.9 cm³/mol. The molecule has 0 atom stereocenters. The van der Waals surface area contributed by atoms with Crippen LogP contribution < -0.4 is 0 Å². The van der Waals surface area contributed by atoms with E-state index in [1.54, 1.807) is 6.07 Å². The molecular formula is C9H5BrF2N2O2. The number of aromatic nitrogens is 1. The maximum Gasteiger partial charge on any atom is 0.309 e. The summed E-state index contributed by atoms with van der Waals surface area (Å²) in [6.45, 7) is 0. The lowest BCUT2D eigenvalue weighted by molar-refractivity contribution is -0.136. The second kappa shape index (κ2) is 4.99. The molecule has 0 saturated carbocycles. The summed E-state index contributed by atoms with van der Waals surface area (Å²) in [5, 5.41) is 17.2. The molecule has 1 aromatic rings. The Morgan fingerprint density at radius 3 is 2.75 bits per heavy atom. The number of nitrogens with zero attached hydrogens (tertiary/aromatic N) is 2. The molecule has 4 nitrogen and oxygen atoms in total. The Morgan fingerprint density at radius 1 is 1.69 bits per heavy atom. The van der Waals surface area contributed by atoms with Crippen LogP contribution in [0.4, 0.5) is 8.78 Å². The molecule has 0 unspecified atom stereocenters. The predicted octanol–water partition coefficient (Wildman–Crippen LogP) is 2.28. The summed E-state index contributed by atoms with van der Waals surface area (Å²) in [7, 11) is 0. The molecule has 7 heteroatoms. The van der Waals surface area contributed by atoms with Crippen molar-refractivity contribution in [1.82, 2.24) is 4.98 Å². The summed E-state index contributed by atoms with van der Waals surface area (Å²) >= 11 is 2.91. The Bertz CT molecular complexity index is 471. The minimum absolute atomic E-state index is 0.111. The van der Waals surface area contributed by atoms with Crippen LogP contribution in [0.3, 0.4) is 0 Å². The summed E-state index contributed by atoms with van der Waals surface area (Å²) in [5.41, 5.74) is -0.879. The third-order valence-corrected chi connectivity index (χ3v) is 2.35. The lowest BCUT2D eigenvalue weighted by Crippen LogP contribution is -2.08. The second-order valence-corrected chi connectivity index (χ2v) is 3.69. The monoisotopic (exact) mass is 290 g/mol. The van der Waals surface area contributed by atoms with Crippen molar-refractivity contribution < 1.29 is 18.7 Å². The van der Waals surface area contributed by atoms with Gasteiger partial charge < -0.3 is 5.11 Å². The van der Waals surface area contributed by atoms with Crippen molar-refractivity contribution in [3.05, 3.63) is 27.5 Å². The van der Waals surface area contributed by atoms with Crippen molar-refractivity contribution in [2.75, 3.05) is 0 Å². The fourth-order valence-corrected chi connectivity index (χ4v) is 1.52. The SMILES string of the molecule is N#Cc1nc(CC(=O)O)c(C(F)F)cc1Br. The van der Waals surface area contributed by atoms with Crippen molar-refractivity contribution in [1.29, 1.82) is 5.26 Å². The molecule has 16 heavy (non-hydrogen) atoms. The average molecular weight is 291 g/mol. The van der Waals surface area contributed by atoms with E-state index >= 15 is 0 Å². The van der Waals surface area contributed by atoms with E-state index in [4.69, 9.17) is 10.4 Å². The van der Waals surface area contributed by atoms with Gasteiger partial charge in [0, 0.05) is 5.56 Å². The maximum absolute atomic E-state index is 12.6. The van der Waals surface area contributed by atoms with Crippen LogP contribution in [0.25, 0.3) is 0 Å². The summed E-state index contributed by atoms with van der Waals surface area (Å²) < 4.78 is 25.2. The Morgan fingerprint density at radius 2 is 2.31 bits per heavy atom. The van der Waals surface area contributed by atoms with Gasteiger partial charge in [0.2, 0.25) is 0 Å². The molecule has 0 aromatic carbocycles. The van der Waals surface area contributed by atoms with Gasteiger partial charge in [0.15, 0.2) is 5.69 Å². The summed E-state index contributed by atoms with van der Waals surface area (Å²) in [6, 6.07) is 2.70. The molecule has 0 spiro atoms. The second-order valence-electron chi connectivity index (χ2n) is 2.84. The van der Waals surface area contributed by atoms with Crippen LogP contribution in [0.5, 0.6) is 0 Å². The van der Waals surface area contributed by atoms with Gasteiger partial charge in [0.25, 0.3) is 6.43 Å². The Kier molecular flexibility index (Phi) is 3.90. The molecule has 1 N–H and O–H groups in total. The van der Waals surface area contributed by atoms with Crippen molar-refractivity contribution in [2.45, 2.75) is 12.8 Å². The molecule has 0 aliphatic carbocycles. The molecule has 0 bridgehead atoms. The molecule has 1 aromatic heterocycles. The first kappa shape index (κ1) is 12.5. The van der Waals surface area contributed by atoms with E-state index < -0.39 is 24.4 Å². The molecule has 0 aliphatic heterocycles. The molecule has 0 radical (unpaired) electrons. The molecular weight excluding hydrogens is 286 g/mol. The summed E-state index contributed by atoms with van der Waals surface area (Å²) in [4.78, 5) is 14.0. The molecule has 0 fully saturated rings. The highest BCUT2D eigenvalue weighted by Crippen LogP contribution is 2.27. The van der Waals surface area contributed by atoms with Crippen molar-refractivity contribution >= 4 is 21.9 Å². The number of carbonyl (C=O) groups is 1. The third kappa shape index (κ3) is 2.73. The molecule has 0 aliphatic rings. The lowest BCUT2D eigenvalue weighted by Gasteiger charge is -2.07. The van der Waals surface area contributed by atoms with E-state index in [1.165, 1.54) is 0 Å². The van der Waals surface area contributed by atoms with E-state index in [1.807, 2.05) is 0 Å². The first-order valence-electron chi connectivity index (χ1n) is 4.05. The van der Waals surface area contributed by atoms with Gasteiger partial charge in [0.1, 0.15) is 6.07 Å². The number of pyridine rings is 1. The minimum Gasteiger partial charge on any atom is -0.481 e. The van der Waals surface area contributed by atoms with Gasteiger partial charge in [-0.3, -0.25) is 4.79 Å². The average Bonchev–Trinajstić information content (AvgIpc) is 2.19. The highest BCUT2D eigenvalue weighted by atomic mass is 79.9. The number of rotatable bonds is 3. The number of hydrogen-bond donors (Lipinski definition) is 1. The fraction of sp³-hybridized carbons (Fsp3) is 0.222. The number of aliphatic carboxylic acids is 1. The minimum atomic E-state index is -2.83. The zero-order chi connectivity index (χ0) is 12.3. The van der Waals surface area contributed by atoms with Crippen LogP contribution in [0.1, 0.15) is 23.4 Å². The number of nitriles is 1. The van der Waals surface area contributed by atoms with Gasteiger partial charge in [-0.1, -0.05) is 0 Å². The zero-order valence-electron chi connectivity index (χ0n) is 7.75. The normalized spacial score (nSPS) is 10.2. The Hall–Kier alpha value is -1.55. The highest BCUT2D eigenvalue weighted by Gasteiger charge is 2.19. The number of carboxylic acid groups (broad SMARTS) is 1. The molecule has 0 amide bonds. The summed E-state index contributed by atoms with van der Waals surface area (Å²) in [5.74, 6) is -1.28. The van der Waals surface area contributed by atoms with Crippen molar-refractivity contribution in [2.24, 2.45) is 0 Å². The molecule has 0 saturated heterocycles. The van der Waals surface area contributed by atoms with Crippen LogP contribution in [0.15, 0.2) is 10.5 Å². The van der Waals surface area contributed by atoms with E-state index in [0.29, 0.717) is 0 Å². The third-order valence-electron chi connectivity index (χ3n) is 1.75. The first-order valence-corrected chi connectivity index (χ1v) is 4.84. The van der Waals surface area contributed by atoms with Gasteiger partial charge in [-0.25, -0.2) is 13.8 Å². The van der Waals surface area contributed by atoms with Crippen LogP contribution in [-0.2, 0) is 11.2 Å². The van der Waals surface area contributed by atoms with Gasteiger partial charge in [-0.2, -0.15) is 5.26 Å². The van der Waals surface area contributed by atoms with Crippen LogP contribution >= 0.6 is 15.9 Å². The van der Waals surface area contributed by atoms with Crippen molar-refractivity contribution in [3.8, 4) is 6.07 Å². The van der Waals surface area contributed by atoms with Gasteiger partial charge in [-0.05, 0) is 22.0 Å². The van der Waals surface area contributed by atoms with E-state index in [-0.39, 0.29) is 15.9 Å². The number of alkyl halides is 2. The van der Waals surface area contributed by atoms with E-state index in [2.05, 4.69) is 20.9 Å². The smallest absolute Gasteiger partial charge is 0.309 e. The fourth-order valence-electron chi connectivity index (χ4n) is 1.09. The first-order chi connectivity index (χ1) is 7.45. The van der Waals surface area contributed by atoms with Gasteiger partial charge >= 0.3 is 5.97 Å². The number of hydrogen-bond acceptors (Lipinski definition) is 3. The topological polar surface area (TPSA) is 74.0 Å².